The van der Waals surface area contributed by atoms with Crippen LogP contribution in [0, 0.1) is 5.82 Å². The van der Waals surface area contributed by atoms with Crippen LogP contribution in [-0.2, 0) is 10.0 Å². The fraction of sp³-hybridized carbons (Fsp3) is 0.455. The van der Waals surface area contributed by atoms with E-state index in [1.54, 1.807) is 11.8 Å². The average Bonchev–Trinajstić information content (AvgIpc) is 2.80. The van der Waals surface area contributed by atoms with E-state index in [4.69, 9.17) is 0 Å². The van der Waals surface area contributed by atoms with Crippen LogP contribution in [0.5, 0.6) is 0 Å². The standard InChI is InChI=1S/C11H14FNO2S2/c12-9-3-5-11(6-4-9)17(14,15)13-8-10-2-1-7-16-10/h3-6,10,13H,1-2,7-8H2. The number of hydrogen-bond acceptors (Lipinski definition) is 3. The van der Waals surface area contributed by atoms with Gasteiger partial charge < -0.3 is 0 Å². The van der Waals surface area contributed by atoms with Crippen LogP contribution >= 0.6 is 11.8 Å². The molecule has 1 aromatic rings. The lowest BCUT2D eigenvalue weighted by Gasteiger charge is -2.10. The number of hydrogen-bond donors (Lipinski definition) is 1. The van der Waals surface area contributed by atoms with Gasteiger partial charge in [-0.3, -0.25) is 0 Å². The van der Waals surface area contributed by atoms with E-state index in [1.165, 1.54) is 12.1 Å². The van der Waals surface area contributed by atoms with Gasteiger partial charge in [-0.1, -0.05) is 0 Å². The SMILES string of the molecule is O=S(=O)(NCC1CCCS1)c1ccc(F)cc1. The summed E-state index contributed by atoms with van der Waals surface area (Å²) >= 11 is 1.79. The summed E-state index contributed by atoms with van der Waals surface area (Å²) in [6, 6.07) is 4.86. The number of rotatable bonds is 4. The maximum absolute atomic E-state index is 12.7. The summed E-state index contributed by atoms with van der Waals surface area (Å²) in [7, 11) is -3.49. The monoisotopic (exact) mass is 275 g/mol. The summed E-state index contributed by atoms with van der Waals surface area (Å²) < 4.78 is 39.0. The molecule has 0 radical (unpaired) electrons. The maximum Gasteiger partial charge on any atom is 0.240 e. The van der Waals surface area contributed by atoms with Gasteiger partial charge in [0.25, 0.3) is 0 Å². The van der Waals surface area contributed by atoms with Crippen LogP contribution in [0.2, 0.25) is 0 Å². The van der Waals surface area contributed by atoms with Gasteiger partial charge >= 0.3 is 0 Å². The highest BCUT2D eigenvalue weighted by molar-refractivity contribution is 8.00. The van der Waals surface area contributed by atoms with Gasteiger partial charge in [0.2, 0.25) is 10.0 Å². The molecule has 1 aliphatic rings. The molecule has 1 atom stereocenters. The predicted molar refractivity (Wildman–Crippen MR) is 67.1 cm³/mol. The zero-order chi connectivity index (χ0) is 12.3. The molecule has 94 valence electrons. The quantitative estimate of drug-likeness (QED) is 0.914. The zero-order valence-electron chi connectivity index (χ0n) is 9.23. The third-order valence-corrected chi connectivity index (χ3v) is 5.49. The predicted octanol–water partition coefficient (Wildman–Crippen LogP) is 2.00. The molecule has 2 rings (SSSR count). The molecule has 6 heteroatoms. The Morgan fingerprint density at radius 2 is 2.06 bits per heavy atom. The van der Waals surface area contributed by atoms with E-state index in [-0.39, 0.29) is 4.90 Å². The fourth-order valence-electron chi connectivity index (χ4n) is 1.71. The molecule has 0 aliphatic carbocycles. The van der Waals surface area contributed by atoms with E-state index in [2.05, 4.69) is 4.72 Å². The number of thioether (sulfide) groups is 1. The van der Waals surface area contributed by atoms with Crippen molar-refractivity contribution in [1.29, 1.82) is 0 Å². The molecule has 1 heterocycles. The van der Waals surface area contributed by atoms with Gasteiger partial charge in [0, 0.05) is 11.8 Å². The Morgan fingerprint density at radius 1 is 1.35 bits per heavy atom. The van der Waals surface area contributed by atoms with Crippen LogP contribution in [-0.4, -0.2) is 26.0 Å². The Labute approximate surface area is 105 Å². The van der Waals surface area contributed by atoms with E-state index in [0.717, 1.165) is 30.7 Å². The second-order valence-electron chi connectivity index (χ2n) is 3.94. The molecule has 0 spiro atoms. The molecule has 1 fully saturated rings. The summed E-state index contributed by atoms with van der Waals surface area (Å²) in [5.74, 6) is 0.665. The minimum absolute atomic E-state index is 0.113. The van der Waals surface area contributed by atoms with Crippen LogP contribution in [0.3, 0.4) is 0 Å². The molecule has 3 nitrogen and oxygen atoms in total. The molecule has 1 unspecified atom stereocenters. The van der Waals surface area contributed by atoms with Gasteiger partial charge in [-0.15, -0.1) is 0 Å². The summed E-state index contributed by atoms with van der Waals surface area (Å²) in [6.45, 7) is 0.449. The lowest BCUT2D eigenvalue weighted by atomic mass is 10.2. The summed E-state index contributed by atoms with van der Waals surface area (Å²) in [5, 5.41) is 0.366. The molecule has 1 aromatic carbocycles. The van der Waals surface area contributed by atoms with E-state index >= 15 is 0 Å². The average molecular weight is 275 g/mol. The van der Waals surface area contributed by atoms with Crippen molar-refractivity contribution in [2.24, 2.45) is 0 Å². The zero-order valence-corrected chi connectivity index (χ0v) is 10.9. The van der Waals surface area contributed by atoms with Gasteiger partial charge in [0.05, 0.1) is 4.90 Å². The molecule has 1 N–H and O–H groups in total. The van der Waals surface area contributed by atoms with Crippen molar-refractivity contribution in [1.82, 2.24) is 4.72 Å². The van der Waals surface area contributed by atoms with Crippen molar-refractivity contribution in [3.05, 3.63) is 30.1 Å². The summed E-state index contributed by atoms with van der Waals surface area (Å²) in [5.41, 5.74) is 0. The van der Waals surface area contributed by atoms with Gasteiger partial charge in [-0.25, -0.2) is 17.5 Å². The first kappa shape index (κ1) is 12.9. The van der Waals surface area contributed by atoms with Crippen molar-refractivity contribution < 1.29 is 12.8 Å². The lowest BCUT2D eigenvalue weighted by molar-refractivity contribution is 0.578. The fourth-order valence-corrected chi connectivity index (χ4v) is 4.09. The van der Waals surface area contributed by atoms with Gasteiger partial charge in [-0.05, 0) is 42.9 Å². The molecule has 0 bridgehead atoms. The third-order valence-electron chi connectivity index (χ3n) is 2.65. The molecule has 0 amide bonds. The van der Waals surface area contributed by atoms with Crippen molar-refractivity contribution in [2.75, 3.05) is 12.3 Å². The lowest BCUT2D eigenvalue weighted by Crippen LogP contribution is -2.29. The molecular formula is C11H14FNO2S2. The van der Waals surface area contributed by atoms with Crippen molar-refractivity contribution >= 4 is 21.8 Å². The van der Waals surface area contributed by atoms with Crippen LogP contribution in [0.4, 0.5) is 4.39 Å². The normalized spacial score (nSPS) is 20.6. The van der Waals surface area contributed by atoms with Crippen LogP contribution in [0.25, 0.3) is 0 Å². The first-order chi connectivity index (χ1) is 8.08. The largest absolute Gasteiger partial charge is 0.240 e. The minimum Gasteiger partial charge on any atom is -0.210 e. The second kappa shape index (κ2) is 5.37. The minimum atomic E-state index is -3.49. The Kier molecular flexibility index (Phi) is 4.06. The Balaban J connectivity index is 2.00. The number of halogens is 1. The molecule has 1 saturated heterocycles. The van der Waals surface area contributed by atoms with E-state index in [9.17, 15) is 12.8 Å². The van der Waals surface area contributed by atoms with E-state index in [1.807, 2.05) is 0 Å². The van der Waals surface area contributed by atoms with Crippen molar-refractivity contribution in [3.63, 3.8) is 0 Å². The Bertz CT molecular complexity index is 467. The van der Waals surface area contributed by atoms with E-state index in [0.29, 0.717) is 11.8 Å². The van der Waals surface area contributed by atoms with Crippen LogP contribution < -0.4 is 4.72 Å². The first-order valence-electron chi connectivity index (χ1n) is 5.45. The Morgan fingerprint density at radius 3 is 2.65 bits per heavy atom. The van der Waals surface area contributed by atoms with Crippen molar-refractivity contribution in [3.8, 4) is 0 Å². The molecule has 0 aromatic heterocycles. The number of nitrogens with one attached hydrogen (secondary N) is 1. The smallest absolute Gasteiger partial charge is 0.210 e. The van der Waals surface area contributed by atoms with Crippen LogP contribution in [0.15, 0.2) is 29.2 Å². The number of sulfonamides is 1. The summed E-state index contributed by atoms with van der Waals surface area (Å²) in [6.07, 6.45) is 2.20. The van der Waals surface area contributed by atoms with Gasteiger partial charge in [-0.2, -0.15) is 11.8 Å². The van der Waals surface area contributed by atoms with E-state index < -0.39 is 15.8 Å². The first-order valence-corrected chi connectivity index (χ1v) is 7.98. The van der Waals surface area contributed by atoms with Gasteiger partial charge in [0.15, 0.2) is 0 Å². The molecule has 0 saturated carbocycles. The third kappa shape index (κ3) is 3.43. The highest BCUT2D eigenvalue weighted by atomic mass is 32.2. The highest BCUT2D eigenvalue weighted by Crippen LogP contribution is 2.25. The summed E-state index contributed by atoms with van der Waals surface area (Å²) in [4.78, 5) is 0.113. The van der Waals surface area contributed by atoms with Crippen LogP contribution in [0.1, 0.15) is 12.8 Å². The molecule has 17 heavy (non-hydrogen) atoms. The Hall–Kier alpha value is -0.590. The highest BCUT2D eigenvalue weighted by Gasteiger charge is 2.19. The molecule has 1 aliphatic heterocycles. The molecular weight excluding hydrogens is 261 g/mol. The topological polar surface area (TPSA) is 46.2 Å². The second-order valence-corrected chi connectivity index (χ2v) is 7.12. The van der Waals surface area contributed by atoms with Gasteiger partial charge in [0.1, 0.15) is 5.82 Å². The maximum atomic E-state index is 12.7. The number of benzene rings is 1. The van der Waals surface area contributed by atoms with Crippen molar-refractivity contribution in [2.45, 2.75) is 23.0 Å².